The van der Waals surface area contributed by atoms with Crippen molar-refractivity contribution in [3.63, 3.8) is 0 Å². The monoisotopic (exact) mass is 453 g/mol. The fraction of sp³-hybridized carbons (Fsp3) is 0.400. The van der Waals surface area contributed by atoms with Crippen LogP contribution in [-0.2, 0) is 16.0 Å². The lowest BCUT2D eigenvalue weighted by Crippen LogP contribution is -2.38. The van der Waals surface area contributed by atoms with Crippen molar-refractivity contribution < 1.29 is 21.6 Å². The van der Waals surface area contributed by atoms with Gasteiger partial charge in [0.25, 0.3) is 0 Å². The molecule has 4 rings (SSSR count). The largest absolute Gasteiger partial charge is 0.419 e. The molecule has 166 valence electrons. The summed E-state index contributed by atoms with van der Waals surface area (Å²) in [4.78, 5) is 11.0. The van der Waals surface area contributed by atoms with Crippen LogP contribution in [0.2, 0.25) is 0 Å². The van der Waals surface area contributed by atoms with E-state index in [2.05, 4.69) is 25.6 Å². The van der Waals surface area contributed by atoms with Crippen molar-refractivity contribution in [3.05, 3.63) is 36.2 Å². The van der Waals surface area contributed by atoms with Gasteiger partial charge in [0.15, 0.2) is 9.84 Å². The van der Waals surface area contributed by atoms with E-state index in [4.69, 9.17) is 0 Å². The number of nitrogens with one attached hydrogen (secondary N) is 3. The lowest BCUT2D eigenvalue weighted by Gasteiger charge is -2.24. The Morgan fingerprint density at radius 1 is 1.29 bits per heavy atom. The van der Waals surface area contributed by atoms with Crippen LogP contribution in [-0.4, -0.2) is 48.3 Å². The second-order valence-corrected chi connectivity index (χ2v) is 9.67. The van der Waals surface area contributed by atoms with E-state index in [0.29, 0.717) is 11.9 Å². The molecule has 11 heteroatoms. The zero-order valence-electron chi connectivity index (χ0n) is 16.8. The highest BCUT2D eigenvalue weighted by molar-refractivity contribution is 7.91. The number of H-pyrrole nitrogens is 1. The Kier molecular flexibility index (Phi) is 5.65. The molecule has 0 spiro atoms. The summed E-state index contributed by atoms with van der Waals surface area (Å²) in [5, 5.41) is 6.67. The number of nitrogens with zero attached hydrogens (tertiary/aromatic N) is 2. The first-order chi connectivity index (χ1) is 14.7. The summed E-state index contributed by atoms with van der Waals surface area (Å²) in [6.45, 7) is 3.09. The molecule has 31 heavy (non-hydrogen) atoms. The molecule has 1 aliphatic rings. The van der Waals surface area contributed by atoms with E-state index >= 15 is 0 Å². The number of halogens is 3. The van der Waals surface area contributed by atoms with Crippen LogP contribution >= 0.6 is 0 Å². The average Bonchev–Trinajstić information content (AvgIpc) is 3.17. The quantitative estimate of drug-likeness (QED) is 0.546. The van der Waals surface area contributed by atoms with Crippen molar-refractivity contribution in [1.82, 2.24) is 20.3 Å². The number of fused-ring (bicyclic) bond motifs is 1. The van der Waals surface area contributed by atoms with E-state index in [1.54, 1.807) is 6.07 Å². The van der Waals surface area contributed by atoms with Crippen LogP contribution in [0.3, 0.4) is 0 Å². The Balaban J connectivity index is 1.85. The van der Waals surface area contributed by atoms with Crippen LogP contribution < -0.4 is 10.6 Å². The number of rotatable bonds is 5. The summed E-state index contributed by atoms with van der Waals surface area (Å²) in [6.07, 6.45) is -0.730. The minimum atomic E-state index is -4.67. The Morgan fingerprint density at radius 2 is 2.10 bits per heavy atom. The van der Waals surface area contributed by atoms with Crippen LogP contribution in [0.25, 0.3) is 22.2 Å². The number of anilines is 1. The first-order valence-electron chi connectivity index (χ1n) is 9.95. The van der Waals surface area contributed by atoms with Gasteiger partial charge in [-0.05, 0) is 25.5 Å². The summed E-state index contributed by atoms with van der Waals surface area (Å²) in [7, 11) is -3.57. The van der Waals surface area contributed by atoms with Crippen LogP contribution in [0.4, 0.5) is 19.1 Å². The molecule has 0 amide bonds. The summed E-state index contributed by atoms with van der Waals surface area (Å²) in [5.41, 5.74) is -0.852. The Bertz CT molecular complexity index is 1200. The number of benzene rings is 1. The zero-order valence-corrected chi connectivity index (χ0v) is 17.6. The van der Waals surface area contributed by atoms with Gasteiger partial charge in [0.2, 0.25) is 5.95 Å². The molecule has 3 N–H and O–H groups in total. The van der Waals surface area contributed by atoms with E-state index < -0.39 is 21.6 Å². The minimum absolute atomic E-state index is 0.0163. The SMILES string of the molecule is CCS(=O)(=O)c1cccc2c(-c3nc(N[C@H]4CCCNC4)ncc3C(F)(F)F)c[nH]c12. The van der Waals surface area contributed by atoms with E-state index in [9.17, 15) is 21.6 Å². The van der Waals surface area contributed by atoms with Crippen LogP contribution in [0, 0.1) is 0 Å². The third kappa shape index (κ3) is 4.24. The van der Waals surface area contributed by atoms with Gasteiger partial charge >= 0.3 is 6.18 Å². The number of para-hydroxylation sites is 1. The molecular weight excluding hydrogens is 431 g/mol. The molecule has 0 saturated carbocycles. The van der Waals surface area contributed by atoms with E-state index in [0.717, 1.165) is 25.6 Å². The van der Waals surface area contributed by atoms with Gasteiger partial charge in [-0.15, -0.1) is 0 Å². The standard InChI is InChI=1S/C20H22F3N5O2S/c1-2-31(29,30)16-7-3-6-13-14(10-25-18(13)16)17-15(20(21,22)23)11-26-19(28-17)27-12-5-4-8-24-9-12/h3,6-7,10-12,24-25H,2,4-5,8-9H2,1H3,(H,26,27,28)/t12-/m0/s1. The van der Waals surface area contributed by atoms with Gasteiger partial charge < -0.3 is 15.6 Å². The van der Waals surface area contributed by atoms with Crippen molar-refractivity contribution in [1.29, 1.82) is 0 Å². The Hall–Kier alpha value is -2.66. The topological polar surface area (TPSA) is 99.8 Å². The number of aromatic nitrogens is 3. The smallest absolute Gasteiger partial charge is 0.359 e. The molecular formula is C20H22F3N5O2S. The van der Waals surface area contributed by atoms with Crippen molar-refractivity contribution in [2.24, 2.45) is 0 Å². The number of alkyl halides is 3. The first kappa shape index (κ1) is 21.6. The van der Waals surface area contributed by atoms with Gasteiger partial charge in [0.05, 0.1) is 21.9 Å². The van der Waals surface area contributed by atoms with E-state index in [1.807, 2.05) is 0 Å². The second kappa shape index (κ2) is 8.12. The minimum Gasteiger partial charge on any atom is -0.359 e. The number of piperidine rings is 1. The molecule has 0 unspecified atom stereocenters. The van der Waals surface area contributed by atoms with Crippen molar-refractivity contribution >= 4 is 26.7 Å². The molecule has 0 bridgehead atoms. The summed E-state index contributed by atoms with van der Waals surface area (Å²) in [6, 6.07) is 4.55. The molecule has 1 fully saturated rings. The molecule has 3 heterocycles. The molecule has 1 aliphatic heterocycles. The number of aromatic amines is 1. The Labute approximate surface area is 177 Å². The molecule has 1 aromatic carbocycles. The summed E-state index contributed by atoms with van der Waals surface area (Å²) < 4.78 is 66.1. The number of hydrogen-bond acceptors (Lipinski definition) is 6. The van der Waals surface area contributed by atoms with Gasteiger partial charge in [-0.3, -0.25) is 0 Å². The summed E-state index contributed by atoms with van der Waals surface area (Å²) >= 11 is 0. The number of sulfone groups is 1. The maximum absolute atomic E-state index is 13.7. The van der Waals surface area contributed by atoms with Crippen LogP contribution in [0.15, 0.2) is 35.5 Å². The van der Waals surface area contributed by atoms with Gasteiger partial charge in [-0.1, -0.05) is 19.1 Å². The normalized spacial score (nSPS) is 17.7. The predicted octanol–water partition coefficient (Wildman–Crippen LogP) is 3.60. The lowest BCUT2D eigenvalue weighted by molar-refractivity contribution is -0.137. The first-order valence-corrected chi connectivity index (χ1v) is 11.6. The maximum Gasteiger partial charge on any atom is 0.419 e. The fourth-order valence-electron chi connectivity index (χ4n) is 3.76. The fourth-order valence-corrected chi connectivity index (χ4v) is 4.84. The summed E-state index contributed by atoms with van der Waals surface area (Å²) in [5.74, 6) is -0.0194. The van der Waals surface area contributed by atoms with Crippen molar-refractivity contribution in [2.45, 2.75) is 36.9 Å². The average molecular weight is 453 g/mol. The lowest BCUT2D eigenvalue weighted by atomic mass is 10.1. The van der Waals surface area contributed by atoms with Crippen LogP contribution in [0.1, 0.15) is 25.3 Å². The third-order valence-corrected chi connectivity index (χ3v) is 7.14. The van der Waals surface area contributed by atoms with Gasteiger partial charge in [-0.2, -0.15) is 13.2 Å². The molecule has 1 saturated heterocycles. The molecule has 2 aromatic heterocycles. The van der Waals surface area contributed by atoms with Gasteiger partial charge in [0.1, 0.15) is 5.56 Å². The highest BCUT2D eigenvalue weighted by atomic mass is 32.2. The predicted molar refractivity (Wildman–Crippen MR) is 112 cm³/mol. The highest BCUT2D eigenvalue weighted by Crippen LogP contribution is 2.39. The van der Waals surface area contributed by atoms with Gasteiger partial charge in [0, 0.05) is 35.9 Å². The molecule has 0 radical (unpaired) electrons. The molecule has 7 nitrogen and oxygen atoms in total. The zero-order chi connectivity index (χ0) is 22.2. The Morgan fingerprint density at radius 3 is 2.77 bits per heavy atom. The molecule has 3 aromatic rings. The van der Waals surface area contributed by atoms with Crippen LogP contribution in [0.5, 0.6) is 0 Å². The molecule has 1 atom stereocenters. The highest BCUT2D eigenvalue weighted by Gasteiger charge is 2.36. The third-order valence-electron chi connectivity index (χ3n) is 5.37. The van der Waals surface area contributed by atoms with E-state index in [-0.39, 0.29) is 39.4 Å². The maximum atomic E-state index is 13.7. The van der Waals surface area contributed by atoms with Gasteiger partial charge in [-0.25, -0.2) is 18.4 Å². The second-order valence-electron chi connectivity index (χ2n) is 7.43. The van der Waals surface area contributed by atoms with Crippen molar-refractivity contribution in [3.8, 4) is 11.3 Å². The number of hydrogen-bond donors (Lipinski definition) is 3. The van der Waals surface area contributed by atoms with Crippen molar-refractivity contribution in [2.75, 3.05) is 24.2 Å². The van der Waals surface area contributed by atoms with E-state index in [1.165, 1.54) is 25.3 Å². The molecule has 0 aliphatic carbocycles.